The molecule has 2 saturated heterocycles. The summed E-state index contributed by atoms with van der Waals surface area (Å²) in [6.45, 7) is 6.35. The molecule has 2 aliphatic rings. The third-order valence-electron chi connectivity index (χ3n) is 6.74. The van der Waals surface area contributed by atoms with Gasteiger partial charge in [-0.3, -0.25) is 9.69 Å². The van der Waals surface area contributed by atoms with Gasteiger partial charge in [0.05, 0.1) is 27.8 Å². The van der Waals surface area contributed by atoms with E-state index in [1.165, 1.54) is 11.3 Å². The number of anilines is 1. The van der Waals surface area contributed by atoms with Crippen LogP contribution >= 0.6 is 11.3 Å². The second-order valence-electron chi connectivity index (χ2n) is 9.81. The normalized spacial score (nSPS) is 23.5. The molecule has 186 valence electrons. The number of carbonyl (C=O) groups excluding carboxylic acids is 1. The number of benzene rings is 2. The number of amides is 1. The molecule has 35 heavy (non-hydrogen) atoms. The van der Waals surface area contributed by atoms with Crippen molar-refractivity contribution in [1.82, 2.24) is 9.29 Å². The van der Waals surface area contributed by atoms with Crippen LogP contribution in [0.1, 0.15) is 43.5 Å². The van der Waals surface area contributed by atoms with Gasteiger partial charge in [0, 0.05) is 25.3 Å². The van der Waals surface area contributed by atoms with E-state index in [4.69, 9.17) is 9.72 Å². The summed E-state index contributed by atoms with van der Waals surface area (Å²) in [5, 5.41) is 0.625. The van der Waals surface area contributed by atoms with Crippen LogP contribution in [-0.2, 0) is 14.8 Å². The Morgan fingerprint density at radius 1 is 1.11 bits per heavy atom. The van der Waals surface area contributed by atoms with E-state index < -0.39 is 10.0 Å². The number of nitrogens with zero attached hydrogens (tertiary/aromatic N) is 3. The van der Waals surface area contributed by atoms with Gasteiger partial charge in [0.2, 0.25) is 10.0 Å². The van der Waals surface area contributed by atoms with E-state index in [1.807, 2.05) is 24.3 Å². The Kier molecular flexibility index (Phi) is 6.94. The van der Waals surface area contributed by atoms with Gasteiger partial charge >= 0.3 is 0 Å². The van der Waals surface area contributed by atoms with Gasteiger partial charge in [0.25, 0.3) is 5.91 Å². The molecule has 1 amide bonds. The second kappa shape index (κ2) is 9.97. The van der Waals surface area contributed by atoms with Crippen LogP contribution in [0.15, 0.2) is 53.4 Å². The van der Waals surface area contributed by atoms with Crippen LogP contribution in [0.3, 0.4) is 0 Å². The number of thiazole rings is 1. The zero-order valence-electron chi connectivity index (χ0n) is 20.1. The summed E-state index contributed by atoms with van der Waals surface area (Å²) < 4.78 is 34.9. The molecule has 0 bridgehead atoms. The lowest BCUT2D eigenvalue weighted by Crippen LogP contribution is -2.42. The number of fused-ring (bicyclic) bond motifs is 1. The molecule has 3 atom stereocenters. The van der Waals surface area contributed by atoms with Crippen LogP contribution in [0, 0.1) is 11.8 Å². The number of hydrogen-bond donors (Lipinski definition) is 0. The van der Waals surface area contributed by atoms with Gasteiger partial charge in [-0.15, -0.1) is 0 Å². The van der Waals surface area contributed by atoms with E-state index in [1.54, 1.807) is 33.5 Å². The van der Waals surface area contributed by atoms with Crippen molar-refractivity contribution in [2.24, 2.45) is 11.8 Å². The topological polar surface area (TPSA) is 79.8 Å². The third-order valence-corrected chi connectivity index (χ3v) is 9.65. The summed E-state index contributed by atoms with van der Waals surface area (Å²) in [5.74, 6) is 0.452. The number of piperidine rings is 1. The molecular formula is C26H31N3O4S2. The maximum Gasteiger partial charge on any atom is 0.260 e. The lowest BCUT2D eigenvalue weighted by atomic mass is 9.94. The largest absolute Gasteiger partial charge is 0.376 e. The number of rotatable bonds is 6. The lowest BCUT2D eigenvalue weighted by molar-refractivity contribution is 0.0917. The summed E-state index contributed by atoms with van der Waals surface area (Å²) in [5.41, 5.74) is 1.28. The van der Waals surface area contributed by atoms with E-state index in [-0.39, 0.29) is 16.9 Å². The first-order valence-electron chi connectivity index (χ1n) is 12.2. The first kappa shape index (κ1) is 24.4. The Balaban J connectivity index is 1.41. The molecule has 0 radical (unpaired) electrons. The molecule has 3 unspecified atom stereocenters. The Morgan fingerprint density at radius 3 is 2.49 bits per heavy atom. The van der Waals surface area contributed by atoms with E-state index in [9.17, 15) is 13.2 Å². The summed E-state index contributed by atoms with van der Waals surface area (Å²) in [6.07, 6.45) is 2.88. The van der Waals surface area contributed by atoms with Crippen LogP contribution in [0.5, 0.6) is 0 Å². The molecule has 3 aromatic rings. The fourth-order valence-electron chi connectivity index (χ4n) is 5.09. The van der Waals surface area contributed by atoms with Gasteiger partial charge in [0.1, 0.15) is 0 Å². The van der Waals surface area contributed by atoms with Gasteiger partial charge in [-0.25, -0.2) is 13.4 Å². The highest BCUT2D eigenvalue weighted by Gasteiger charge is 2.32. The minimum absolute atomic E-state index is 0.0336. The van der Waals surface area contributed by atoms with Crippen LogP contribution in [0.4, 0.5) is 5.13 Å². The van der Waals surface area contributed by atoms with E-state index in [0.29, 0.717) is 48.8 Å². The molecule has 2 fully saturated rings. The monoisotopic (exact) mass is 513 g/mol. The zero-order chi connectivity index (χ0) is 24.6. The van der Waals surface area contributed by atoms with Gasteiger partial charge in [-0.05, 0) is 67.5 Å². The van der Waals surface area contributed by atoms with Crippen molar-refractivity contribution in [3.8, 4) is 0 Å². The number of ether oxygens (including phenoxy) is 1. The predicted octanol–water partition coefficient (Wildman–Crippen LogP) is 4.79. The van der Waals surface area contributed by atoms with Gasteiger partial charge in [-0.2, -0.15) is 4.31 Å². The number of sulfonamides is 1. The molecule has 1 aromatic heterocycles. The van der Waals surface area contributed by atoms with Crippen molar-refractivity contribution in [2.45, 2.75) is 44.1 Å². The Labute approximate surface area is 210 Å². The van der Waals surface area contributed by atoms with Gasteiger partial charge in [-0.1, -0.05) is 37.3 Å². The van der Waals surface area contributed by atoms with Gasteiger partial charge in [0.15, 0.2) is 5.13 Å². The molecule has 2 aromatic carbocycles. The number of carbonyl (C=O) groups is 1. The molecule has 0 aliphatic carbocycles. The van der Waals surface area contributed by atoms with Crippen LogP contribution in [0.25, 0.3) is 10.2 Å². The molecule has 2 aliphatic heterocycles. The molecule has 9 heteroatoms. The van der Waals surface area contributed by atoms with E-state index in [0.717, 1.165) is 29.5 Å². The quantitative estimate of drug-likeness (QED) is 0.474. The van der Waals surface area contributed by atoms with Crippen molar-refractivity contribution in [3.63, 3.8) is 0 Å². The average molecular weight is 514 g/mol. The minimum Gasteiger partial charge on any atom is -0.376 e. The summed E-state index contributed by atoms with van der Waals surface area (Å²) in [7, 11) is -3.60. The molecule has 0 spiro atoms. The first-order chi connectivity index (χ1) is 16.8. The molecule has 7 nitrogen and oxygen atoms in total. The highest BCUT2D eigenvalue weighted by molar-refractivity contribution is 7.89. The molecular weight excluding hydrogens is 482 g/mol. The minimum atomic E-state index is -3.60. The molecule has 5 rings (SSSR count). The van der Waals surface area contributed by atoms with Crippen molar-refractivity contribution in [1.29, 1.82) is 0 Å². The van der Waals surface area contributed by atoms with Crippen LogP contribution in [-0.4, -0.2) is 56.0 Å². The predicted molar refractivity (Wildman–Crippen MR) is 138 cm³/mol. The second-order valence-corrected chi connectivity index (χ2v) is 12.8. The average Bonchev–Trinajstić information content (AvgIpc) is 3.51. The molecule has 3 heterocycles. The Bertz CT molecular complexity index is 1260. The smallest absolute Gasteiger partial charge is 0.260 e. The highest BCUT2D eigenvalue weighted by atomic mass is 32.2. The van der Waals surface area contributed by atoms with Crippen LogP contribution in [0.2, 0.25) is 0 Å². The van der Waals surface area contributed by atoms with Crippen LogP contribution < -0.4 is 4.90 Å². The highest BCUT2D eigenvalue weighted by Crippen LogP contribution is 2.31. The van der Waals surface area contributed by atoms with Crippen molar-refractivity contribution in [2.75, 3.05) is 31.1 Å². The number of para-hydroxylation sites is 1. The zero-order valence-corrected chi connectivity index (χ0v) is 21.7. The summed E-state index contributed by atoms with van der Waals surface area (Å²) >= 11 is 1.47. The van der Waals surface area contributed by atoms with Crippen molar-refractivity contribution >= 4 is 42.6 Å². The SMILES string of the molecule is CC1CC(C)CN(S(=O)(=O)c2ccc(C(=O)N(CC3CCCO3)c3nc4ccccc4s3)cc2)C1. The maximum atomic E-state index is 13.6. The Hall–Kier alpha value is -2.33. The van der Waals surface area contributed by atoms with Crippen molar-refractivity contribution in [3.05, 3.63) is 54.1 Å². The maximum absolute atomic E-state index is 13.6. The fourth-order valence-corrected chi connectivity index (χ4v) is 7.74. The number of aromatic nitrogens is 1. The lowest BCUT2D eigenvalue weighted by Gasteiger charge is -2.34. The van der Waals surface area contributed by atoms with E-state index in [2.05, 4.69) is 13.8 Å². The molecule has 0 N–H and O–H groups in total. The standard InChI is InChI=1S/C26H31N3O4S2/c1-18-14-19(2)16-28(15-18)35(31,32)22-11-9-20(10-12-22)25(30)29(17-21-6-5-13-33-21)26-27-23-7-3-4-8-24(23)34-26/h3-4,7-12,18-19,21H,5-6,13-17H2,1-2H3. The first-order valence-corrected chi connectivity index (χ1v) is 14.5. The Morgan fingerprint density at radius 2 is 1.83 bits per heavy atom. The molecule has 0 saturated carbocycles. The fraction of sp³-hybridized carbons (Fsp3) is 0.462. The van der Waals surface area contributed by atoms with E-state index >= 15 is 0 Å². The summed E-state index contributed by atoms with van der Waals surface area (Å²) in [6, 6.07) is 14.1. The number of hydrogen-bond acceptors (Lipinski definition) is 6. The summed E-state index contributed by atoms with van der Waals surface area (Å²) in [4.78, 5) is 20.2. The third kappa shape index (κ3) is 5.14. The van der Waals surface area contributed by atoms with Crippen molar-refractivity contribution < 1.29 is 17.9 Å². The van der Waals surface area contributed by atoms with Gasteiger partial charge < -0.3 is 4.74 Å².